The van der Waals surface area contributed by atoms with Crippen LogP contribution < -0.4 is 5.32 Å². The molecule has 0 radical (unpaired) electrons. The highest BCUT2D eigenvalue weighted by Gasteiger charge is 2.09. The predicted octanol–water partition coefficient (Wildman–Crippen LogP) is 1.87. The number of aromatic nitrogens is 1. The first-order chi connectivity index (χ1) is 9.56. The number of pyridine rings is 1. The fourth-order valence-electron chi connectivity index (χ4n) is 1.73. The summed E-state index contributed by atoms with van der Waals surface area (Å²) in [6, 6.07) is 11.3. The average Bonchev–Trinajstić information content (AvgIpc) is 2.45. The molecular weight excluding hydrogens is 256 g/mol. The van der Waals surface area contributed by atoms with Gasteiger partial charge in [0.15, 0.2) is 0 Å². The van der Waals surface area contributed by atoms with E-state index in [-0.39, 0.29) is 5.69 Å². The van der Waals surface area contributed by atoms with Crippen molar-refractivity contribution >= 4 is 11.9 Å². The molecule has 0 spiro atoms. The van der Waals surface area contributed by atoms with Gasteiger partial charge in [-0.05, 0) is 30.2 Å². The normalized spacial score (nSPS) is 10.1. The molecule has 0 saturated heterocycles. The molecule has 2 aromatic rings. The van der Waals surface area contributed by atoms with Crippen LogP contribution in [-0.4, -0.2) is 28.5 Å². The molecule has 2 N–H and O–H groups in total. The van der Waals surface area contributed by atoms with Crippen molar-refractivity contribution in [1.29, 1.82) is 0 Å². The lowest BCUT2D eigenvalue weighted by Gasteiger charge is -2.05. The van der Waals surface area contributed by atoms with Gasteiger partial charge in [0.1, 0.15) is 12.2 Å². The molecule has 0 fully saturated rings. The molecule has 0 unspecified atom stereocenters. The molecule has 0 aliphatic carbocycles. The van der Waals surface area contributed by atoms with Crippen LogP contribution in [-0.2, 0) is 4.79 Å². The van der Waals surface area contributed by atoms with E-state index >= 15 is 0 Å². The SMILES string of the molecule is Cc1ccc(-c2ccnc(C(=O)NCC(=O)O)c2)cc1. The summed E-state index contributed by atoms with van der Waals surface area (Å²) in [6.07, 6.45) is 1.53. The number of carbonyl (C=O) groups excluding carboxylic acids is 1. The maximum Gasteiger partial charge on any atom is 0.322 e. The lowest BCUT2D eigenvalue weighted by Crippen LogP contribution is -2.29. The molecule has 2 rings (SSSR count). The topological polar surface area (TPSA) is 79.3 Å². The Labute approximate surface area is 116 Å². The average molecular weight is 270 g/mol. The van der Waals surface area contributed by atoms with Crippen LogP contribution >= 0.6 is 0 Å². The first-order valence-corrected chi connectivity index (χ1v) is 6.09. The second-order valence-corrected chi connectivity index (χ2v) is 4.37. The minimum Gasteiger partial charge on any atom is -0.480 e. The summed E-state index contributed by atoms with van der Waals surface area (Å²) < 4.78 is 0. The number of aliphatic carboxylic acids is 1. The summed E-state index contributed by atoms with van der Waals surface area (Å²) in [7, 11) is 0. The van der Waals surface area contributed by atoms with Gasteiger partial charge in [-0.15, -0.1) is 0 Å². The molecule has 0 saturated carbocycles. The zero-order valence-electron chi connectivity index (χ0n) is 11.0. The number of nitrogens with one attached hydrogen (secondary N) is 1. The van der Waals surface area contributed by atoms with E-state index in [4.69, 9.17) is 5.11 Å². The van der Waals surface area contributed by atoms with Crippen molar-refractivity contribution in [3.8, 4) is 11.1 Å². The van der Waals surface area contributed by atoms with Gasteiger partial charge in [-0.25, -0.2) is 0 Å². The van der Waals surface area contributed by atoms with Crippen LogP contribution in [0.4, 0.5) is 0 Å². The van der Waals surface area contributed by atoms with E-state index in [0.717, 1.165) is 16.7 Å². The Morgan fingerprint density at radius 1 is 1.15 bits per heavy atom. The Hall–Kier alpha value is -2.69. The number of hydrogen-bond donors (Lipinski definition) is 2. The maximum atomic E-state index is 11.7. The van der Waals surface area contributed by atoms with Crippen LogP contribution in [0.3, 0.4) is 0 Å². The van der Waals surface area contributed by atoms with Gasteiger partial charge < -0.3 is 10.4 Å². The van der Waals surface area contributed by atoms with E-state index in [2.05, 4.69) is 10.3 Å². The highest BCUT2D eigenvalue weighted by molar-refractivity contribution is 5.95. The number of nitrogens with zero attached hydrogens (tertiary/aromatic N) is 1. The van der Waals surface area contributed by atoms with Crippen molar-refractivity contribution in [3.05, 3.63) is 53.9 Å². The molecule has 0 aliphatic rings. The number of carbonyl (C=O) groups is 2. The molecule has 5 heteroatoms. The quantitative estimate of drug-likeness (QED) is 0.889. The molecule has 1 aromatic carbocycles. The third-order valence-electron chi connectivity index (χ3n) is 2.78. The summed E-state index contributed by atoms with van der Waals surface area (Å²) in [5, 5.41) is 10.8. The molecular formula is C15H14N2O3. The minimum absolute atomic E-state index is 0.198. The summed E-state index contributed by atoms with van der Waals surface area (Å²) >= 11 is 0. The number of benzene rings is 1. The summed E-state index contributed by atoms with van der Waals surface area (Å²) in [5.41, 5.74) is 3.19. The smallest absolute Gasteiger partial charge is 0.322 e. The number of rotatable bonds is 4. The van der Waals surface area contributed by atoms with Gasteiger partial charge in [-0.2, -0.15) is 0 Å². The fourth-order valence-corrected chi connectivity index (χ4v) is 1.73. The Kier molecular flexibility index (Phi) is 4.10. The highest BCUT2D eigenvalue weighted by atomic mass is 16.4. The van der Waals surface area contributed by atoms with Crippen LogP contribution in [0.2, 0.25) is 0 Å². The summed E-state index contributed by atoms with van der Waals surface area (Å²) in [6.45, 7) is 1.58. The highest BCUT2D eigenvalue weighted by Crippen LogP contribution is 2.19. The van der Waals surface area contributed by atoms with Crippen LogP contribution in [0, 0.1) is 6.92 Å². The van der Waals surface area contributed by atoms with Crippen LogP contribution in [0.15, 0.2) is 42.6 Å². The van der Waals surface area contributed by atoms with Gasteiger partial charge in [0.2, 0.25) is 0 Å². The molecule has 1 aromatic heterocycles. The lowest BCUT2D eigenvalue weighted by atomic mass is 10.0. The molecule has 20 heavy (non-hydrogen) atoms. The predicted molar refractivity (Wildman–Crippen MR) is 74.4 cm³/mol. The molecule has 0 bridgehead atoms. The van der Waals surface area contributed by atoms with E-state index < -0.39 is 18.4 Å². The van der Waals surface area contributed by atoms with E-state index in [9.17, 15) is 9.59 Å². The molecule has 102 valence electrons. The van der Waals surface area contributed by atoms with Gasteiger partial charge >= 0.3 is 5.97 Å². The number of hydrogen-bond acceptors (Lipinski definition) is 3. The zero-order chi connectivity index (χ0) is 14.5. The third-order valence-corrected chi connectivity index (χ3v) is 2.78. The van der Waals surface area contributed by atoms with Crippen molar-refractivity contribution in [2.45, 2.75) is 6.92 Å². The second kappa shape index (κ2) is 5.97. The van der Waals surface area contributed by atoms with Crippen LogP contribution in [0.25, 0.3) is 11.1 Å². The van der Waals surface area contributed by atoms with E-state index in [1.165, 1.54) is 6.20 Å². The Morgan fingerprint density at radius 3 is 2.50 bits per heavy atom. The van der Waals surface area contributed by atoms with Crippen molar-refractivity contribution in [3.63, 3.8) is 0 Å². The van der Waals surface area contributed by atoms with Crippen LogP contribution in [0.5, 0.6) is 0 Å². The number of carboxylic acid groups (broad SMARTS) is 1. The summed E-state index contributed by atoms with van der Waals surface area (Å²) in [5.74, 6) is -1.59. The Balaban J connectivity index is 2.21. The standard InChI is InChI=1S/C15H14N2O3/c1-10-2-4-11(5-3-10)12-6-7-16-13(8-12)15(20)17-9-14(18)19/h2-8H,9H2,1H3,(H,17,20)(H,18,19). The monoisotopic (exact) mass is 270 g/mol. The van der Waals surface area contributed by atoms with E-state index in [0.29, 0.717) is 0 Å². The molecule has 1 amide bonds. The van der Waals surface area contributed by atoms with E-state index in [1.54, 1.807) is 12.1 Å². The second-order valence-electron chi connectivity index (χ2n) is 4.37. The van der Waals surface area contributed by atoms with Crippen molar-refractivity contribution in [1.82, 2.24) is 10.3 Å². The van der Waals surface area contributed by atoms with Crippen molar-refractivity contribution in [2.24, 2.45) is 0 Å². The Bertz CT molecular complexity index is 636. The summed E-state index contributed by atoms with van der Waals surface area (Å²) in [4.78, 5) is 26.1. The van der Waals surface area contributed by atoms with Gasteiger partial charge in [-0.3, -0.25) is 14.6 Å². The third kappa shape index (κ3) is 3.41. The number of amides is 1. The van der Waals surface area contributed by atoms with Gasteiger partial charge in [0, 0.05) is 6.20 Å². The first kappa shape index (κ1) is 13.7. The van der Waals surface area contributed by atoms with Gasteiger partial charge in [-0.1, -0.05) is 29.8 Å². The molecule has 5 nitrogen and oxygen atoms in total. The lowest BCUT2D eigenvalue weighted by molar-refractivity contribution is -0.135. The van der Waals surface area contributed by atoms with Crippen molar-refractivity contribution in [2.75, 3.05) is 6.54 Å². The number of aryl methyl sites for hydroxylation is 1. The molecule has 1 heterocycles. The maximum absolute atomic E-state index is 11.7. The minimum atomic E-state index is -1.09. The van der Waals surface area contributed by atoms with Gasteiger partial charge in [0.25, 0.3) is 5.91 Å². The largest absolute Gasteiger partial charge is 0.480 e. The van der Waals surface area contributed by atoms with Crippen LogP contribution in [0.1, 0.15) is 16.1 Å². The molecule has 0 atom stereocenters. The fraction of sp³-hybridized carbons (Fsp3) is 0.133. The molecule has 0 aliphatic heterocycles. The Morgan fingerprint density at radius 2 is 1.85 bits per heavy atom. The van der Waals surface area contributed by atoms with Crippen molar-refractivity contribution < 1.29 is 14.7 Å². The first-order valence-electron chi connectivity index (χ1n) is 6.09. The van der Waals surface area contributed by atoms with E-state index in [1.807, 2.05) is 31.2 Å². The number of carboxylic acids is 1. The van der Waals surface area contributed by atoms with Gasteiger partial charge in [0.05, 0.1) is 0 Å². The zero-order valence-corrected chi connectivity index (χ0v) is 11.0.